The van der Waals surface area contributed by atoms with Gasteiger partial charge in [-0.05, 0) is 103 Å². The van der Waals surface area contributed by atoms with Gasteiger partial charge in [0.1, 0.15) is 0 Å². The summed E-state index contributed by atoms with van der Waals surface area (Å²) in [5.41, 5.74) is 17.5. The highest BCUT2D eigenvalue weighted by Crippen LogP contribution is 2.59. The minimum Gasteiger partial charge on any atom is -0.309 e. The Morgan fingerprint density at radius 2 is 0.783 bits per heavy atom. The molecular weight excluding hydrogens is 723 g/mol. The van der Waals surface area contributed by atoms with Crippen molar-refractivity contribution in [3.8, 4) is 44.5 Å². The maximum atomic E-state index is 2.50. The third-order valence-electron chi connectivity index (χ3n) is 12.3. The summed E-state index contributed by atoms with van der Waals surface area (Å²) < 4.78 is 0. The van der Waals surface area contributed by atoms with Gasteiger partial charge in [-0.2, -0.15) is 0 Å². The van der Waals surface area contributed by atoms with E-state index in [1.807, 2.05) is 0 Å². The second kappa shape index (κ2) is 14.9. The summed E-state index contributed by atoms with van der Waals surface area (Å²) in [4.78, 5) is 2.50. The van der Waals surface area contributed by atoms with Crippen LogP contribution in [0.5, 0.6) is 0 Å². The van der Waals surface area contributed by atoms with Gasteiger partial charge in [0.2, 0.25) is 0 Å². The fourth-order valence-corrected chi connectivity index (χ4v) is 9.65. The minimum atomic E-state index is -0.514. The van der Waals surface area contributed by atoms with Crippen LogP contribution in [0.4, 0.5) is 17.1 Å². The van der Waals surface area contributed by atoms with Crippen molar-refractivity contribution in [3.63, 3.8) is 0 Å². The standard InChI is InChI=1S/C59H41N/c1-4-18-42(19-5-1)46-22-16-23-48(41-46)52-28-13-15-32-56(52)60(51-38-36-44(37-39-51)47-35-34-43-20-10-11-21-45(43)40-47)57-33-17-31-55-58(57)53-29-12-14-30-54(53)59(55,49-24-6-2-7-25-49)50-26-8-3-9-27-50/h1-41H. The molecule has 11 rings (SSSR count). The first-order chi connectivity index (χ1) is 29.8. The molecule has 0 heterocycles. The lowest BCUT2D eigenvalue weighted by Crippen LogP contribution is -2.28. The number of para-hydroxylation sites is 1. The van der Waals surface area contributed by atoms with Crippen molar-refractivity contribution < 1.29 is 0 Å². The quantitative estimate of drug-likeness (QED) is 0.149. The highest BCUT2D eigenvalue weighted by atomic mass is 15.1. The fourth-order valence-electron chi connectivity index (χ4n) is 9.65. The van der Waals surface area contributed by atoms with Crippen molar-refractivity contribution in [1.82, 2.24) is 0 Å². The second-order valence-electron chi connectivity index (χ2n) is 15.6. The first-order valence-corrected chi connectivity index (χ1v) is 20.8. The molecule has 0 aliphatic heterocycles. The van der Waals surface area contributed by atoms with E-state index in [4.69, 9.17) is 0 Å². The van der Waals surface area contributed by atoms with Gasteiger partial charge in [0, 0.05) is 16.8 Å². The Morgan fingerprint density at radius 1 is 0.283 bits per heavy atom. The molecule has 10 aromatic rings. The second-order valence-corrected chi connectivity index (χ2v) is 15.6. The van der Waals surface area contributed by atoms with E-state index in [0.717, 1.165) is 22.6 Å². The van der Waals surface area contributed by atoms with E-state index in [9.17, 15) is 0 Å². The molecule has 10 aromatic carbocycles. The third kappa shape index (κ3) is 5.86. The summed E-state index contributed by atoms with van der Waals surface area (Å²) in [5, 5.41) is 2.49. The molecule has 0 amide bonds. The lowest BCUT2D eigenvalue weighted by molar-refractivity contribution is 0.768. The molecule has 0 unspecified atom stereocenters. The average Bonchev–Trinajstić information content (AvgIpc) is 3.64. The van der Waals surface area contributed by atoms with Crippen LogP contribution in [-0.2, 0) is 5.41 Å². The summed E-state index contributed by atoms with van der Waals surface area (Å²) >= 11 is 0. The van der Waals surface area contributed by atoms with Gasteiger partial charge in [-0.1, -0.05) is 212 Å². The molecule has 0 saturated heterocycles. The van der Waals surface area contributed by atoms with Gasteiger partial charge in [0.05, 0.1) is 16.8 Å². The van der Waals surface area contributed by atoms with Crippen LogP contribution in [0.2, 0.25) is 0 Å². The number of nitrogens with zero attached hydrogens (tertiary/aromatic N) is 1. The van der Waals surface area contributed by atoms with E-state index < -0.39 is 5.41 Å². The number of benzene rings is 10. The van der Waals surface area contributed by atoms with Crippen molar-refractivity contribution >= 4 is 27.8 Å². The fraction of sp³-hybridized carbons (Fsp3) is 0.0169. The maximum Gasteiger partial charge on any atom is 0.0714 e. The molecule has 0 fully saturated rings. The number of fused-ring (bicyclic) bond motifs is 4. The third-order valence-corrected chi connectivity index (χ3v) is 12.3. The number of anilines is 3. The Hall–Kier alpha value is -7.74. The molecule has 1 aliphatic carbocycles. The van der Waals surface area contributed by atoms with E-state index in [2.05, 4.69) is 254 Å². The van der Waals surface area contributed by atoms with E-state index in [1.165, 1.54) is 72.0 Å². The molecule has 0 spiro atoms. The van der Waals surface area contributed by atoms with Crippen LogP contribution in [0.15, 0.2) is 249 Å². The Labute approximate surface area is 352 Å². The molecule has 0 N–H and O–H groups in total. The van der Waals surface area contributed by atoms with Crippen LogP contribution in [0.1, 0.15) is 22.3 Å². The zero-order valence-corrected chi connectivity index (χ0v) is 33.1. The van der Waals surface area contributed by atoms with Crippen LogP contribution in [0.25, 0.3) is 55.3 Å². The summed E-state index contributed by atoms with van der Waals surface area (Å²) in [6, 6.07) is 91.1. The molecule has 0 radical (unpaired) electrons. The van der Waals surface area contributed by atoms with Crippen molar-refractivity contribution in [1.29, 1.82) is 0 Å². The van der Waals surface area contributed by atoms with Crippen LogP contribution in [-0.4, -0.2) is 0 Å². The normalized spacial score (nSPS) is 12.5. The van der Waals surface area contributed by atoms with Gasteiger partial charge in [0.25, 0.3) is 0 Å². The van der Waals surface area contributed by atoms with Crippen molar-refractivity contribution in [2.75, 3.05) is 4.90 Å². The summed E-state index contributed by atoms with van der Waals surface area (Å²) in [6.07, 6.45) is 0. The predicted octanol–water partition coefficient (Wildman–Crippen LogP) is 15.7. The Bertz CT molecular complexity index is 3090. The number of rotatable bonds is 8. The molecule has 1 aliphatic rings. The zero-order valence-electron chi connectivity index (χ0n) is 33.1. The Kier molecular flexibility index (Phi) is 8.79. The summed E-state index contributed by atoms with van der Waals surface area (Å²) in [7, 11) is 0. The summed E-state index contributed by atoms with van der Waals surface area (Å²) in [6.45, 7) is 0. The van der Waals surface area contributed by atoms with Gasteiger partial charge in [-0.15, -0.1) is 0 Å². The van der Waals surface area contributed by atoms with Gasteiger partial charge in [-0.3, -0.25) is 0 Å². The van der Waals surface area contributed by atoms with Crippen LogP contribution in [0, 0.1) is 0 Å². The number of hydrogen-bond donors (Lipinski definition) is 0. The zero-order chi connectivity index (χ0) is 39.9. The molecule has 282 valence electrons. The maximum absolute atomic E-state index is 2.50. The van der Waals surface area contributed by atoms with Gasteiger partial charge in [0.15, 0.2) is 0 Å². The van der Waals surface area contributed by atoms with Crippen LogP contribution in [0.3, 0.4) is 0 Å². The molecule has 1 heteroatoms. The Balaban J connectivity index is 1.16. The topological polar surface area (TPSA) is 3.24 Å². The van der Waals surface area contributed by atoms with E-state index in [0.29, 0.717) is 0 Å². The van der Waals surface area contributed by atoms with Crippen LogP contribution >= 0.6 is 0 Å². The highest BCUT2D eigenvalue weighted by molar-refractivity contribution is 6.00. The summed E-state index contributed by atoms with van der Waals surface area (Å²) in [5.74, 6) is 0. The van der Waals surface area contributed by atoms with E-state index >= 15 is 0 Å². The Morgan fingerprint density at radius 3 is 1.53 bits per heavy atom. The van der Waals surface area contributed by atoms with E-state index in [1.54, 1.807) is 0 Å². The lowest BCUT2D eigenvalue weighted by Gasteiger charge is -2.34. The predicted molar refractivity (Wildman–Crippen MR) is 252 cm³/mol. The minimum absolute atomic E-state index is 0.514. The van der Waals surface area contributed by atoms with Crippen molar-refractivity contribution in [2.24, 2.45) is 0 Å². The average molecular weight is 764 g/mol. The first-order valence-electron chi connectivity index (χ1n) is 20.8. The van der Waals surface area contributed by atoms with Gasteiger partial charge < -0.3 is 4.90 Å². The van der Waals surface area contributed by atoms with Crippen molar-refractivity contribution in [2.45, 2.75) is 5.41 Å². The molecule has 0 aromatic heterocycles. The number of hydrogen-bond acceptors (Lipinski definition) is 1. The monoisotopic (exact) mass is 763 g/mol. The van der Waals surface area contributed by atoms with Crippen LogP contribution < -0.4 is 4.90 Å². The molecule has 0 atom stereocenters. The van der Waals surface area contributed by atoms with Gasteiger partial charge >= 0.3 is 0 Å². The first kappa shape index (κ1) is 35.4. The van der Waals surface area contributed by atoms with Gasteiger partial charge in [-0.25, -0.2) is 0 Å². The van der Waals surface area contributed by atoms with Crippen molar-refractivity contribution in [3.05, 3.63) is 271 Å². The van der Waals surface area contributed by atoms with E-state index in [-0.39, 0.29) is 0 Å². The SMILES string of the molecule is c1ccc(-c2cccc(-c3ccccc3N(c3ccc(-c4ccc5ccccc5c4)cc3)c3cccc4c3-c3ccccc3C4(c3ccccc3)c3ccccc3)c2)cc1. The molecule has 1 nitrogen and oxygen atoms in total. The molecule has 0 saturated carbocycles. The largest absolute Gasteiger partial charge is 0.309 e. The molecular formula is C59H41N. The molecule has 60 heavy (non-hydrogen) atoms. The smallest absolute Gasteiger partial charge is 0.0714 e. The lowest BCUT2D eigenvalue weighted by atomic mass is 9.68. The highest BCUT2D eigenvalue weighted by Gasteiger charge is 2.47. The molecule has 0 bridgehead atoms.